The zero-order chi connectivity index (χ0) is 77.9. The zero-order valence-electron chi connectivity index (χ0n) is 67.0. The molecule has 24 heteroatoms. The number of carbonyl (C=O) groups is 6. The van der Waals surface area contributed by atoms with Crippen molar-refractivity contribution in [3.8, 4) is 34.2 Å². The molecule has 10 rings (SSSR count). The maximum absolute atomic E-state index is 13.6. The second kappa shape index (κ2) is 38.9. The number of amides is 6. The van der Waals surface area contributed by atoms with E-state index in [1.54, 1.807) is 49.6 Å². The van der Waals surface area contributed by atoms with E-state index in [1.807, 2.05) is 74.2 Å². The fraction of sp³-hybridized carbons (Fsp3) is 0.566. The van der Waals surface area contributed by atoms with E-state index < -0.39 is 0 Å². The van der Waals surface area contributed by atoms with Gasteiger partial charge in [-0.25, -0.2) is 29.9 Å². The summed E-state index contributed by atoms with van der Waals surface area (Å²) in [5.41, 5.74) is 12.3. The van der Waals surface area contributed by atoms with Crippen molar-refractivity contribution in [2.75, 3.05) is 58.9 Å². The Morgan fingerprint density at radius 2 is 0.692 bits per heavy atom. The van der Waals surface area contributed by atoms with Crippen LogP contribution in [0.2, 0.25) is 0 Å². The van der Waals surface area contributed by atoms with Crippen LogP contribution in [0.1, 0.15) is 209 Å². The molecular weight excluding hydrogens is 1350 g/mol. The Kier molecular flexibility index (Phi) is 30.2. The van der Waals surface area contributed by atoms with E-state index in [0.717, 1.165) is 101 Å². The third kappa shape index (κ3) is 23.8. The molecule has 1 aromatic carbocycles. The summed E-state index contributed by atoms with van der Waals surface area (Å²) in [5.74, 6) is 2.99. The quantitative estimate of drug-likeness (QED) is 0.0575. The number of rotatable bonds is 23. The molecule has 0 saturated carbocycles. The fourth-order valence-electron chi connectivity index (χ4n) is 14.4. The lowest BCUT2D eigenvalue weighted by Crippen LogP contribution is -2.58. The molecule has 574 valence electrons. The summed E-state index contributed by atoms with van der Waals surface area (Å²) in [4.78, 5) is 115. The molecule has 6 aromatic heterocycles. The molecule has 0 unspecified atom stereocenters. The van der Waals surface area contributed by atoms with Crippen LogP contribution >= 0.6 is 0 Å². The first kappa shape index (κ1) is 83.2. The van der Waals surface area contributed by atoms with Crippen molar-refractivity contribution in [1.82, 2.24) is 89.9 Å². The summed E-state index contributed by atoms with van der Waals surface area (Å²) in [5, 5.41) is 26.5. The van der Waals surface area contributed by atoms with Gasteiger partial charge in [0, 0.05) is 103 Å². The van der Waals surface area contributed by atoms with Gasteiger partial charge in [-0.2, -0.15) is 0 Å². The first-order valence-corrected chi connectivity index (χ1v) is 38.6. The molecule has 6 amide bonds. The van der Waals surface area contributed by atoms with Crippen LogP contribution in [-0.2, 0) is 59.3 Å². The lowest BCUT2D eigenvalue weighted by molar-refractivity contribution is -0.135. The SMILES string of the molecule is CC(=O)N1CCN(C(=O)c2cc(CC(C)C)c(-c3cc(CC(C)C)ncn3)nn2)C[C@@H]1C(C)C.CC(=O)N1CCN(C(=O)c2cc(CC(C)C)c(-c3cc(CC(C)C)ncn3)nn2)C[C@@H]1CC(C)C.CC(=O)N1CCN(C(=O)c2cc(CC(C)C)c(-c3cc(CC(C)C)ncn3)nn2)C[C@@H]1Cc1ccccc1. The Morgan fingerprint density at radius 3 is 1.02 bits per heavy atom. The molecule has 3 fully saturated rings. The van der Waals surface area contributed by atoms with Crippen molar-refractivity contribution >= 4 is 35.4 Å². The van der Waals surface area contributed by atoms with Crippen LogP contribution in [0.5, 0.6) is 0 Å². The first-order valence-electron chi connectivity index (χ1n) is 38.6. The maximum atomic E-state index is 13.6. The highest BCUT2D eigenvalue weighted by atomic mass is 16.2. The number of hydrogen-bond donors (Lipinski definition) is 0. The Balaban J connectivity index is 0.000000203. The molecule has 7 aromatic rings. The molecule has 0 bridgehead atoms. The number of benzene rings is 1. The van der Waals surface area contributed by atoms with E-state index in [0.29, 0.717) is 141 Å². The minimum absolute atomic E-state index is 0.00189. The highest BCUT2D eigenvalue weighted by molar-refractivity contribution is 5.94. The Labute approximate surface area is 634 Å². The van der Waals surface area contributed by atoms with Gasteiger partial charge >= 0.3 is 0 Å². The lowest BCUT2D eigenvalue weighted by Gasteiger charge is -2.42. The third-order valence-corrected chi connectivity index (χ3v) is 19.2. The molecule has 0 aliphatic carbocycles. The van der Waals surface area contributed by atoms with E-state index in [-0.39, 0.29) is 59.5 Å². The molecule has 3 aliphatic heterocycles. The molecule has 3 atom stereocenters. The predicted molar refractivity (Wildman–Crippen MR) is 416 cm³/mol. The monoisotopic (exact) mass is 1460 g/mol. The summed E-state index contributed by atoms with van der Waals surface area (Å²) in [6.07, 6.45) is 11.2. The van der Waals surface area contributed by atoms with Gasteiger partial charge in [-0.1, -0.05) is 141 Å². The van der Waals surface area contributed by atoms with Gasteiger partial charge in [0.05, 0.1) is 29.2 Å². The molecule has 3 aliphatic rings. The van der Waals surface area contributed by atoms with E-state index in [2.05, 4.69) is 183 Å². The van der Waals surface area contributed by atoms with Crippen molar-refractivity contribution < 1.29 is 28.8 Å². The van der Waals surface area contributed by atoms with Crippen molar-refractivity contribution in [1.29, 1.82) is 0 Å². The third-order valence-electron chi connectivity index (χ3n) is 19.2. The topological polar surface area (TPSA) is 277 Å². The van der Waals surface area contributed by atoms with Gasteiger partial charge in [-0.3, -0.25) is 28.8 Å². The Hall–Kier alpha value is -9.48. The van der Waals surface area contributed by atoms with Crippen LogP contribution in [0.25, 0.3) is 34.2 Å². The molecular formula is C83H116N18O6. The van der Waals surface area contributed by atoms with Crippen molar-refractivity contribution in [2.45, 2.75) is 201 Å². The Bertz CT molecular complexity index is 4150. The number of nitrogens with zero attached hydrogens (tertiary/aromatic N) is 18. The summed E-state index contributed by atoms with van der Waals surface area (Å²) >= 11 is 0. The van der Waals surface area contributed by atoms with Gasteiger partial charge in [-0.15, -0.1) is 30.6 Å². The lowest BCUT2D eigenvalue weighted by atomic mass is 9.98. The summed E-state index contributed by atoms with van der Waals surface area (Å²) in [6, 6.07) is 21.6. The van der Waals surface area contributed by atoms with Crippen LogP contribution in [0.4, 0.5) is 0 Å². The van der Waals surface area contributed by atoms with Crippen LogP contribution in [-0.4, -0.2) is 202 Å². The minimum atomic E-state index is -0.154. The predicted octanol–water partition coefficient (Wildman–Crippen LogP) is 12.0. The van der Waals surface area contributed by atoms with Crippen molar-refractivity contribution in [3.63, 3.8) is 0 Å². The van der Waals surface area contributed by atoms with Crippen LogP contribution in [0.15, 0.2) is 85.7 Å². The van der Waals surface area contributed by atoms with Gasteiger partial charge in [0.15, 0.2) is 17.1 Å². The highest BCUT2D eigenvalue weighted by Gasteiger charge is 2.37. The summed E-state index contributed by atoms with van der Waals surface area (Å²) in [7, 11) is 0. The van der Waals surface area contributed by atoms with Crippen LogP contribution in [0.3, 0.4) is 0 Å². The fourth-order valence-corrected chi connectivity index (χ4v) is 14.4. The molecule has 107 heavy (non-hydrogen) atoms. The smallest absolute Gasteiger partial charge is 0.274 e. The first-order chi connectivity index (χ1) is 50.8. The average Bonchev–Trinajstić information content (AvgIpc) is 0.804. The average molecular weight is 1460 g/mol. The maximum Gasteiger partial charge on any atom is 0.274 e. The number of hydrogen-bond acceptors (Lipinski definition) is 18. The summed E-state index contributed by atoms with van der Waals surface area (Å²) in [6.45, 7) is 43.6. The number of aromatic nitrogens is 12. The Morgan fingerprint density at radius 1 is 0.364 bits per heavy atom. The van der Waals surface area contributed by atoms with E-state index in [4.69, 9.17) is 0 Å². The molecule has 3 saturated heterocycles. The zero-order valence-corrected chi connectivity index (χ0v) is 67.0. The largest absolute Gasteiger partial charge is 0.336 e. The normalized spacial score (nSPS) is 16.3. The second-order valence-corrected chi connectivity index (χ2v) is 32.4. The van der Waals surface area contributed by atoms with E-state index >= 15 is 0 Å². The molecule has 24 nitrogen and oxygen atoms in total. The molecule has 0 radical (unpaired) electrons. The van der Waals surface area contributed by atoms with Crippen LogP contribution < -0.4 is 0 Å². The van der Waals surface area contributed by atoms with Crippen molar-refractivity contribution in [2.24, 2.45) is 47.3 Å². The van der Waals surface area contributed by atoms with E-state index in [9.17, 15) is 28.8 Å². The van der Waals surface area contributed by atoms with Gasteiger partial charge < -0.3 is 29.4 Å². The van der Waals surface area contributed by atoms with Crippen molar-refractivity contribution in [3.05, 3.63) is 142 Å². The van der Waals surface area contributed by atoms with Crippen LogP contribution in [0, 0.1) is 47.3 Å². The number of piperazine rings is 3. The minimum Gasteiger partial charge on any atom is -0.336 e. The summed E-state index contributed by atoms with van der Waals surface area (Å²) < 4.78 is 0. The van der Waals surface area contributed by atoms with E-state index in [1.165, 1.54) is 0 Å². The standard InChI is InChI=1S/C30H38N6O2.C27H40N6O2.C26H38N6O2/c1-20(2)13-24-16-28(33-34-29(24)27-17-25(14-21(3)4)31-19-32-27)30(38)35-11-12-36(22(5)37)26(18-35)15-23-9-7-6-8-10-23;1-17(2)10-21-13-25(30-31-26(21)24-14-22(11-18(3)4)28-16-29-24)27(35)32-8-9-33(20(7)34)23(15-32)12-19(5)6;1-16(2)10-20-12-23(26(34)31-8-9-32(19(7)33)24(14-31)18(5)6)29-30-25(20)22-13-21(11-17(3)4)27-15-28-22/h6-10,16-17,19-21,26H,11-15,18H2,1-5H3;13-14,16-19,23H,8-12,15H2,1-7H3;12-13,15-18,24H,8-11,14H2,1-7H3/t26-;23-;24-/m001/s1. The molecule has 9 heterocycles. The highest BCUT2D eigenvalue weighted by Crippen LogP contribution is 2.30. The number of carbonyl (C=O) groups excluding carboxylic acids is 6. The van der Waals surface area contributed by atoms with Gasteiger partial charge in [0.1, 0.15) is 36.1 Å². The van der Waals surface area contributed by atoms with Gasteiger partial charge in [0.25, 0.3) is 17.7 Å². The van der Waals surface area contributed by atoms with Gasteiger partial charge in [-0.05, 0) is 157 Å². The molecule has 0 spiro atoms. The second-order valence-electron chi connectivity index (χ2n) is 32.4. The van der Waals surface area contributed by atoms with Gasteiger partial charge in [0.2, 0.25) is 17.7 Å². The molecule has 0 N–H and O–H groups in total.